The summed E-state index contributed by atoms with van der Waals surface area (Å²) in [6.07, 6.45) is 1.46. The van der Waals surface area contributed by atoms with E-state index in [-0.39, 0.29) is 22.3 Å². The van der Waals surface area contributed by atoms with Crippen LogP contribution in [0.3, 0.4) is 0 Å². The lowest BCUT2D eigenvalue weighted by Crippen LogP contribution is -2.52. The quantitative estimate of drug-likeness (QED) is 0.821. The first kappa shape index (κ1) is 15.6. The fourth-order valence-corrected chi connectivity index (χ4v) is 3.49. The van der Waals surface area contributed by atoms with Crippen LogP contribution in [0.25, 0.3) is 0 Å². The number of alkyl halides is 1. The van der Waals surface area contributed by atoms with Crippen LogP contribution in [0.2, 0.25) is 4.34 Å². The highest BCUT2D eigenvalue weighted by atomic mass is 35.5. The minimum Gasteiger partial charge on any atom is -0.345 e. The van der Waals surface area contributed by atoms with Crippen LogP contribution < -0.4 is 10.6 Å². The molecule has 1 aliphatic heterocycles. The van der Waals surface area contributed by atoms with E-state index in [4.69, 9.17) is 23.2 Å². The molecular formula is C13H11Cl2FN4OS. The maximum atomic E-state index is 13.5. The molecule has 0 radical (unpaired) electrons. The molecule has 9 heteroatoms. The van der Waals surface area contributed by atoms with Gasteiger partial charge in [-0.1, -0.05) is 11.6 Å². The van der Waals surface area contributed by atoms with Gasteiger partial charge in [0.15, 0.2) is 5.69 Å². The maximum absolute atomic E-state index is 13.5. The molecule has 0 aromatic carbocycles. The Morgan fingerprint density at radius 1 is 1.55 bits per heavy atom. The van der Waals surface area contributed by atoms with E-state index >= 15 is 0 Å². The number of pyridine rings is 1. The van der Waals surface area contributed by atoms with Crippen molar-refractivity contribution in [1.29, 1.82) is 0 Å². The van der Waals surface area contributed by atoms with E-state index in [0.717, 1.165) is 0 Å². The number of rotatable bonds is 4. The average molecular weight is 361 g/mol. The first-order chi connectivity index (χ1) is 10.5. The summed E-state index contributed by atoms with van der Waals surface area (Å²) < 4.78 is 13.7. The van der Waals surface area contributed by atoms with Crippen molar-refractivity contribution in [2.24, 2.45) is 0 Å². The van der Waals surface area contributed by atoms with E-state index in [2.05, 4.69) is 20.6 Å². The highest BCUT2D eigenvalue weighted by Crippen LogP contribution is 2.38. The SMILES string of the molecule is O=C(NCc1ncccc1F)c1nc(C2(Cl)CNC2)sc1Cl. The summed E-state index contributed by atoms with van der Waals surface area (Å²) in [6, 6.07) is 2.76. The van der Waals surface area contributed by atoms with Gasteiger partial charge in [-0.15, -0.1) is 22.9 Å². The van der Waals surface area contributed by atoms with Gasteiger partial charge in [-0.05, 0) is 12.1 Å². The molecule has 1 saturated heterocycles. The number of nitrogens with zero attached hydrogens (tertiary/aromatic N) is 2. The number of thiazole rings is 1. The van der Waals surface area contributed by atoms with Gasteiger partial charge in [0, 0.05) is 19.3 Å². The molecule has 0 saturated carbocycles. The van der Waals surface area contributed by atoms with E-state index < -0.39 is 16.6 Å². The largest absolute Gasteiger partial charge is 0.345 e. The molecule has 5 nitrogen and oxygen atoms in total. The molecule has 1 aliphatic rings. The molecule has 116 valence electrons. The third-order valence-corrected chi connectivity index (χ3v) is 5.26. The van der Waals surface area contributed by atoms with Crippen LogP contribution in [0.1, 0.15) is 21.2 Å². The molecule has 1 amide bonds. The van der Waals surface area contributed by atoms with E-state index in [0.29, 0.717) is 18.1 Å². The number of halogens is 3. The number of hydrogen-bond donors (Lipinski definition) is 2. The second-order valence-corrected chi connectivity index (χ2v) is 7.15. The van der Waals surface area contributed by atoms with Gasteiger partial charge in [0.25, 0.3) is 5.91 Å². The molecule has 2 aromatic heterocycles. The lowest BCUT2D eigenvalue weighted by atomic mass is 10.0. The summed E-state index contributed by atoms with van der Waals surface area (Å²) in [5, 5.41) is 6.21. The predicted molar refractivity (Wildman–Crippen MR) is 82.9 cm³/mol. The Bertz CT molecular complexity index is 720. The van der Waals surface area contributed by atoms with Gasteiger partial charge < -0.3 is 10.6 Å². The minimum absolute atomic E-state index is 0.0394. The Morgan fingerprint density at radius 3 is 2.95 bits per heavy atom. The van der Waals surface area contributed by atoms with Crippen LogP contribution in [-0.2, 0) is 11.4 Å². The summed E-state index contributed by atoms with van der Waals surface area (Å²) >= 11 is 13.6. The molecule has 0 aliphatic carbocycles. The maximum Gasteiger partial charge on any atom is 0.272 e. The van der Waals surface area contributed by atoms with Crippen LogP contribution in [0.15, 0.2) is 18.3 Å². The summed E-state index contributed by atoms with van der Waals surface area (Å²) in [5.74, 6) is -0.960. The summed E-state index contributed by atoms with van der Waals surface area (Å²) in [7, 11) is 0. The van der Waals surface area contributed by atoms with E-state index in [1.165, 1.54) is 29.7 Å². The second-order valence-electron chi connectivity index (χ2n) is 4.82. The molecule has 0 spiro atoms. The molecule has 0 atom stereocenters. The van der Waals surface area contributed by atoms with Crippen LogP contribution in [0.5, 0.6) is 0 Å². The second kappa shape index (κ2) is 6.08. The van der Waals surface area contributed by atoms with Crippen LogP contribution in [0, 0.1) is 5.82 Å². The van der Waals surface area contributed by atoms with Gasteiger partial charge in [-0.2, -0.15) is 0 Å². The highest BCUT2D eigenvalue weighted by Gasteiger charge is 2.40. The average Bonchev–Trinajstić information content (AvgIpc) is 2.86. The van der Waals surface area contributed by atoms with Gasteiger partial charge in [-0.3, -0.25) is 9.78 Å². The first-order valence-corrected chi connectivity index (χ1v) is 8.01. The highest BCUT2D eigenvalue weighted by molar-refractivity contribution is 7.16. The molecule has 3 rings (SSSR count). The lowest BCUT2D eigenvalue weighted by Gasteiger charge is -2.34. The zero-order valence-electron chi connectivity index (χ0n) is 11.2. The molecule has 2 aromatic rings. The van der Waals surface area contributed by atoms with Gasteiger partial charge in [0.2, 0.25) is 0 Å². The van der Waals surface area contributed by atoms with Gasteiger partial charge in [0.1, 0.15) is 20.0 Å². The Morgan fingerprint density at radius 2 is 2.32 bits per heavy atom. The molecule has 2 N–H and O–H groups in total. The monoisotopic (exact) mass is 360 g/mol. The third kappa shape index (κ3) is 2.94. The number of carbonyl (C=O) groups excluding carboxylic acids is 1. The topological polar surface area (TPSA) is 66.9 Å². The van der Waals surface area contributed by atoms with Gasteiger partial charge >= 0.3 is 0 Å². The van der Waals surface area contributed by atoms with Crippen molar-refractivity contribution >= 4 is 40.4 Å². The predicted octanol–water partition coefficient (Wildman–Crippen LogP) is 2.30. The number of carbonyl (C=O) groups is 1. The molecule has 1 fully saturated rings. The Kier molecular flexibility index (Phi) is 4.31. The van der Waals surface area contributed by atoms with Crippen molar-refractivity contribution in [2.75, 3.05) is 13.1 Å². The van der Waals surface area contributed by atoms with Crippen LogP contribution in [-0.4, -0.2) is 29.0 Å². The fourth-order valence-electron chi connectivity index (χ4n) is 1.93. The molecule has 22 heavy (non-hydrogen) atoms. The van der Waals surface area contributed by atoms with Crippen molar-refractivity contribution in [2.45, 2.75) is 11.4 Å². The van der Waals surface area contributed by atoms with Crippen molar-refractivity contribution in [3.8, 4) is 0 Å². The summed E-state index contributed by atoms with van der Waals surface area (Å²) in [6.45, 7) is 1.12. The zero-order valence-corrected chi connectivity index (χ0v) is 13.5. The Hall–Kier alpha value is -1.28. The van der Waals surface area contributed by atoms with Crippen LogP contribution >= 0.6 is 34.5 Å². The smallest absolute Gasteiger partial charge is 0.272 e. The summed E-state index contributed by atoms with van der Waals surface area (Å²) in [5.41, 5.74) is 0.254. The number of nitrogens with one attached hydrogen (secondary N) is 2. The van der Waals surface area contributed by atoms with Crippen molar-refractivity contribution in [3.63, 3.8) is 0 Å². The fraction of sp³-hybridized carbons (Fsp3) is 0.308. The number of amides is 1. The van der Waals surface area contributed by atoms with Crippen molar-refractivity contribution in [1.82, 2.24) is 20.6 Å². The van der Waals surface area contributed by atoms with E-state index in [1.54, 1.807) is 0 Å². The molecule has 0 bridgehead atoms. The van der Waals surface area contributed by atoms with Gasteiger partial charge in [0.05, 0.1) is 12.2 Å². The third-order valence-electron chi connectivity index (χ3n) is 3.25. The zero-order chi connectivity index (χ0) is 15.7. The Balaban J connectivity index is 1.71. The normalized spacial score (nSPS) is 16.1. The minimum atomic E-state index is -0.597. The molecule has 3 heterocycles. The standard InChI is InChI=1S/C13H11Cl2FN4OS/c14-10-9(20-12(22-10)13(15)5-17-6-13)11(21)19-4-8-7(16)2-1-3-18-8/h1-3,17H,4-6H2,(H,19,21). The van der Waals surface area contributed by atoms with Crippen LogP contribution in [0.4, 0.5) is 4.39 Å². The van der Waals surface area contributed by atoms with Crippen molar-refractivity contribution < 1.29 is 9.18 Å². The lowest BCUT2D eigenvalue weighted by molar-refractivity contribution is 0.0945. The Labute approximate surface area is 139 Å². The molecule has 0 unspecified atom stereocenters. The van der Waals surface area contributed by atoms with E-state index in [9.17, 15) is 9.18 Å². The number of aromatic nitrogens is 2. The summed E-state index contributed by atoms with van der Waals surface area (Å²) in [4.78, 5) is 19.6. The first-order valence-electron chi connectivity index (χ1n) is 6.44. The van der Waals surface area contributed by atoms with Crippen molar-refractivity contribution in [3.05, 3.63) is 44.9 Å². The van der Waals surface area contributed by atoms with Gasteiger partial charge in [-0.25, -0.2) is 9.37 Å². The van der Waals surface area contributed by atoms with E-state index in [1.807, 2.05) is 0 Å². The number of hydrogen-bond acceptors (Lipinski definition) is 5. The molecular weight excluding hydrogens is 350 g/mol.